The highest BCUT2D eigenvalue weighted by Crippen LogP contribution is 2.55. The van der Waals surface area contributed by atoms with Crippen LogP contribution in [-0.2, 0) is 5.41 Å². The topological polar surface area (TPSA) is 20.6 Å². The van der Waals surface area contributed by atoms with Crippen molar-refractivity contribution >= 4 is 68.1 Å². The molecule has 3 aliphatic rings. The summed E-state index contributed by atoms with van der Waals surface area (Å²) in [7, 11) is 0. The van der Waals surface area contributed by atoms with Crippen LogP contribution in [0.15, 0.2) is 188 Å². The van der Waals surface area contributed by atoms with E-state index < -0.39 is 0 Å². The molecule has 0 saturated carbocycles. The molecule has 0 fully saturated rings. The molecule has 4 nitrogen and oxygen atoms in total. The van der Waals surface area contributed by atoms with Crippen LogP contribution in [0, 0.1) is 6.92 Å². The molecular formula is C54H40BN3O. The third kappa shape index (κ3) is 4.91. The van der Waals surface area contributed by atoms with E-state index in [-0.39, 0.29) is 12.1 Å². The molecule has 8 aromatic carbocycles. The van der Waals surface area contributed by atoms with Crippen molar-refractivity contribution in [2.75, 3.05) is 9.80 Å². The van der Waals surface area contributed by atoms with E-state index in [2.05, 4.69) is 223 Å². The monoisotopic (exact) mass is 757 g/mol. The Labute approximate surface area is 345 Å². The number of hydrogen-bond acceptors (Lipinski definition) is 3. The first-order valence-electron chi connectivity index (χ1n) is 20.6. The van der Waals surface area contributed by atoms with Gasteiger partial charge in [-0.15, -0.1) is 0 Å². The summed E-state index contributed by atoms with van der Waals surface area (Å²) in [6, 6.07) is 68.0. The first kappa shape index (κ1) is 33.9. The van der Waals surface area contributed by atoms with Crippen molar-refractivity contribution in [3.8, 4) is 28.4 Å². The Kier molecular flexibility index (Phi) is 7.25. The largest absolute Gasteiger partial charge is 0.458 e. The summed E-state index contributed by atoms with van der Waals surface area (Å²) in [5, 5.41) is 1.32. The van der Waals surface area contributed by atoms with E-state index in [4.69, 9.17) is 4.74 Å². The molecule has 1 aliphatic carbocycles. The second-order valence-corrected chi connectivity index (χ2v) is 16.6. The zero-order chi connectivity index (χ0) is 39.4. The second kappa shape index (κ2) is 12.6. The van der Waals surface area contributed by atoms with Gasteiger partial charge in [-0.3, -0.25) is 0 Å². The minimum Gasteiger partial charge on any atom is -0.458 e. The third-order valence-corrected chi connectivity index (χ3v) is 12.8. The highest BCUT2D eigenvalue weighted by molar-refractivity contribution is 6.99. The summed E-state index contributed by atoms with van der Waals surface area (Å²) < 4.78 is 9.65. The molecule has 0 saturated heterocycles. The number of nitrogens with zero attached hydrogens (tertiary/aromatic N) is 3. The Balaban J connectivity index is 1.05. The fraction of sp³-hybridized carbons (Fsp3) is 0.0741. The molecule has 0 bridgehead atoms. The lowest BCUT2D eigenvalue weighted by Crippen LogP contribution is -2.58. The van der Waals surface area contributed by atoms with Gasteiger partial charge in [-0.25, -0.2) is 0 Å². The van der Waals surface area contributed by atoms with E-state index in [1.807, 2.05) is 0 Å². The first-order chi connectivity index (χ1) is 29.0. The van der Waals surface area contributed by atoms with Gasteiger partial charge in [-0.05, 0) is 119 Å². The molecule has 12 rings (SSSR count). The molecule has 9 aromatic rings. The summed E-state index contributed by atoms with van der Waals surface area (Å²) in [5.41, 5.74) is 19.2. The Bertz CT molecular complexity index is 3040. The standard InChI is InChI=1S/C54H40BN3O/c1-35-31-47-51-49(32-35)59-48-34-41(57(38-21-12-6-13-22-38)39-23-14-7-15-24-39)28-30-45(48)55(51)46-26-16-25-43-50-53(58(47)52(43)46)42-29-27-40(33-44(42)54(50,2)3)56(36-17-8-4-9-18-36)37-19-10-5-11-20-37/h4-34H,1-3H3. The van der Waals surface area contributed by atoms with Gasteiger partial charge in [0.25, 0.3) is 6.71 Å². The minimum atomic E-state index is -0.254. The van der Waals surface area contributed by atoms with Crippen LogP contribution in [0.2, 0.25) is 0 Å². The van der Waals surface area contributed by atoms with Crippen molar-refractivity contribution in [3.05, 3.63) is 205 Å². The first-order valence-corrected chi connectivity index (χ1v) is 20.6. The predicted molar refractivity (Wildman–Crippen MR) is 246 cm³/mol. The lowest BCUT2D eigenvalue weighted by Gasteiger charge is -2.35. The van der Waals surface area contributed by atoms with Crippen molar-refractivity contribution in [1.82, 2.24) is 4.57 Å². The molecule has 0 radical (unpaired) electrons. The van der Waals surface area contributed by atoms with Crippen molar-refractivity contribution in [2.45, 2.75) is 26.2 Å². The maximum absolute atomic E-state index is 7.07. The maximum Gasteiger partial charge on any atom is 0.256 e. The van der Waals surface area contributed by atoms with Gasteiger partial charge in [-0.1, -0.05) is 117 Å². The predicted octanol–water partition coefficient (Wildman–Crippen LogP) is 12.1. The van der Waals surface area contributed by atoms with Gasteiger partial charge in [0, 0.05) is 67.8 Å². The van der Waals surface area contributed by atoms with Crippen molar-refractivity contribution in [3.63, 3.8) is 0 Å². The zero-order valence-electron chi connectivity index (χ0n) is 33.2. The minimum absolute atomic E-state index is 0.0294. The van der Waals surface area contributed by atoms with Crippen LogP contribution in [0.4, 0.5) is 34.1 Å². The molecule has 0 unspecified atom stereocenters. The molecule has 0 atom stereocenters. The van der Waals surface area contributed by atoms with Crippen LogP contribution in [0.3, 0.4) is 0 Å². The van der Waals surface area contributed by atoms with Gasteiger partial charge in [-0.2, -0.15) is 0 Å². The van der Waals surface area contributed by atoms with E-state index in [0.717, 1.165) is 45.6 Å². The fourth-order valence-electron chi connectivity index (χ4n) is 10.3. The van der Waals surface area contributed by atoms with Gasteiger partial charge in [0.2, 0.25) is 0 Å². The second-order valence-electron chi connectivity index (χ2n) is 16.6. The quantitative estimate of drug-likeness (QED) is 0.158. The fourth-order valence-corrected chi connectivity index (χ4v) is 10.3. The number of hydrogen-bond donors (Lipinski definition) is 0. The van der Waals surface area contributed by atoms with Gasteiger partial charge in [0.05, 0.1) is 5.69 Å². The number of para-hydroxylation sites is 5. The third-order valence-electron chi connectivity index (χ3n) is 12.8. The number of aryl methyl sites for hydroxylation is 1. The van der Waals surface area contributed by atoms with Crippen molar-refractivity contribution in [2.24, 2.45) is 0 Å². The molecule has 1 aromatic heterocycles. The van der Waals surface area contributed by atoms with Crippen LogP contribution in [0.25, 0.3) is 27.8 Å². The molecule has 0 amide bonds. The van der Waals surface area contributed by atoms with E-state index in [1.54, 1.807) is 0 Å². The van der Waals surface area contributed by atoms with Gasteiger partial charge >= 0.3 is 0 Å². The van der Waals surface area contributed by atoms with Crippen LogP contribution in [0.5, 0.6) is 11.5 Å². The number of anilines is 6. The SMILES string of the molecule is Cc1cc2c3c(c1)-n1c4c(c5cccc(c51)B3c1ccc(N(c3ccccc3)c3ccccc3)cc1O2)C(C)(C)c1cc(N(c2ccccc2)c2ccccc2)ccc1-4. The molecule has 3 heterocycles. The van der Waals surface area contributed by atoms with Crippen molar-refractivity contribution < 1.29 is 4.74 Å². The number of ether oxygens (including phenoxy) is 1. The van der Waals surface area contributed by atoms with Gasteiger partial charge in [0.1, 0.15) is 11.5 Å². The van der Waals surface area contributed by atoms with E-state index >= 15 is 0 Å². The number of fused-ring (bicyclic) bond motifs is 9. The average molecular weight is 758 g/mol. The molecule has 59 heavy (non-hydrogen) atoms. The summed E-state index contributed by atoms with van der Waals surface area (Å²) in [6.45, 7) is 7.05. The highest BCUT2D eigenvalue weighted by atomic mass is 16.5. The van der Waals surface area contributed by atoms with Crippen LogP contribution in [-0.4, -0.2) is 11.3 Å². The Morgan fingerprint density at radius 1 is 0.508 bits per heavy atom. The molecule has 5 heteroatoms. The smallest absolute Gasteiger partial charge is 0.256 e. The lowest BCUT2D eigenvalue weighted by molar-refractivity contribution is 0.487. The molecule has 280 valence electrons. The molecule has 0 N–H and O–H groups in total. The van der Waals surface area contributed by atoms with Crippen LogP contribution < -0.4 is 30.9 Å². The van der Waals surface area contributed by atoms with Crippen LogP contribution in [0.1, 0.15) is 30.5 Å². The van der Waals surface area contributed by atoms with E-state index in [9.17, 15) is 0 Å². The molecule has 2 aliphatic heterocycles. The van der Waals surface area contributed by atoms with Crippen LogP contribution >= 0.6 is 0 Å². The van der Waals surface area contributed by atoms with Gasteiger partial charge < -0.3 is 19.1 Å². The lowest BCUT2D eigenvalue weighted by atomic mass is 9.34. The van der Waals surface area contributed by atoms with Crippen molar-refractivity contribution in [1.29, 1.82) is 0 Å². The van der Waals surface area contributed by atoms with Gasteiger partial charge in [0.15, 0.2) is 0 Å². The summed E-state index contributed by atoms with van der Waals surface area (Å²) >= 11 is 0. The van der Waals surface area contributed by atoms with E-state index in [0.29, 0.717) is 0 Å². The molecular weight excluding hydrogens is 717 g/mol. The maximum atomic E-state index is 7.07. The number of benzene rings is 8. The number of rotatable bonds is 6. The highest BCUT2D eigenvalue weighted by Gasteiger charge is 2.46. The average Bonchev–Trinajstić information content (AvgIpc) is 3.74. The molecule has 0 spiro atoms. The summed E-state index contributed by atoms with van der Waals surface area (Å²) in [6.07, 6.45) is 0. The Morgan fingerprint density at radius 2 is 1.07 bits per heavy atom. The normalized spacial score (nSPS) is 13.6. The summed E-state index contributed by atoms with van der Waals surface area (Å²) in [4.78, 5) is 4.68. The number of aromatic nitrogens is 1. The Morgan fingerprint density at radius 3 is 1.66 bits per heavy atom. The Hall–Kier alpha value is -7.24. The zero-order valence-corrected chi connectivity index (χ0v) is 33.2. The summed E-state index contributed by atoms with van der Waals surface area (Å²) in [5.74, 6) is 1.83. The van der Waals surface area contributed by atoms with E-state index in [1.165, 1.54) is 60.9 Å².